The average molecular weight is 264 g/mol. The molecule has 1 heterocycles. The summed E-state index contributed by atoms with van der Waals surface area (Å²) in [5.41, 5.74) is 0.726. The van der Waals surface area contributed by atoms with E-state index in [1.165, 1.54) is 6.92 Å². The third kappa shape index (κ3) is 2.56. The van der Waals surface area contributed by atoms with Crippen molar-refractivity contribution in [2.75, 3.05) is 13.7 Å². The van der Waals surface area contributed by atoms with Crippen LogP contribution in [-0.4, -0.2) is 30.6 Å². The summed E-state index contributed by atoms with van der Waals surface area (Å²) in [6.07, 6.45) is 1.55. The molecule has 2 rings (SSSR count). The van der Waals surface area contributed by atoms with Crippen LogP contribution in [0.5, 0.6) is 11.5 Å². The molecule has 1 atom stereocenters. The van der Waals surface area contributed by atoms with Gasteiger partial charge in [-0.05, 0) is 31.2 Å². The van der Waals surface area contributed by atoms with Crippen molar-refractivity contribution < 1.29 is 24.1 Å². The van der Waals surface area contributed by atoms with Crippen LogP contribution in [-0.2, 0) is 9.53 Å². The molecule has 5 nitrogen and oxygen atoms in total. The van der Waals surface area contributed by atoms with Gasteiger partial charge < -0.3 is 19.3 Å². The van der Waals surface area contributed by atoms with Gasteiger partial charge in [-0.3, -0.25) is 0 Å². The van der Waals surface area contributed by atoms with E-state index in [1.807, 2.05) is 0 Å². The van der Waals surface area contributed by atoms with Gasteiger partial charge in [0.1, 0.15) is 17.1 Å². The second-order valence-corrected chi connectivity index (χ2v) is 4.27. The highest BCUT2D eigenvalue weighted by Crippen LogP contribution is 2.36. The van der Waals surface area contributed by atoms with Gasteiger partial charge in [-0.25, -0.2) is 4.79 Å². The van der Waals surface area contributed by atoms with Crippen LogP contribution in [0.4, 0.5) is 0 Å². The van der Waals surface area contributed by atoms with E-state index in [0.717, 1.165) is 0 Å². The summed E-state index contributed by atoms with van der Waals surface area (Å²) in [6, 6.07) is 5.13. The topological polar surface area (TPSA) is 65.0 Å². The lowest BCUT2D eigenvalue weighted by atomic mass is 10.00. The van der Waals surface area contributed by atoms with Crippen LogP contribution in [0.2, 0.25) is 0 Å². The Hall–Kier alpha value is -2.01. The van der Waals surface area contributed by atoms with Crippen LogP contribution in [0.3, 0.4) is 0 Å². The molecule has 1 aliphatic heterocycles. The van der Waals surface area contributed by atoms with Crippen molar-refractivity contribution in [3.8, 4) is 11.5 Å². The number of fused-ring (bicyclic) bond motifs is 1. The Balaban J connectivity index is 2.45. The largest absolute Gasteiger partial charge is 0.497 e. The lowest BCUT2D eigenvalue weighted by Gasteiger charge is -2.31. The number of hydrogen-bond donors (Lipinski definition) is 1. The molecular formula is C14H16O5. The van der Waals surface area contributed by atoms with E-state index in [9.17, 15) is 9.90 Å². The second kappa shape index (κ2) is 4.93. The van der Waals surface area contributed by atoms with Crippen molar-refractivity contribution in [1.29, 1.82) is 0 Å². The number of methoxy groups -OCH3 is 1. The van der Waals surface area contributed by atoms with E-state index < -0.39 is 11.8 Å². The van der Waals surface area contributed by atoms with Gasteiger partial charge in [-0.15, -0.1) is 0 Å². The Kier molecular flexibility index (Phi) is 3.48. The third-order valence-corrected chi connectivity index (χ3v) is 2.82. The van der Waals surface area contributed by atoms with Gasteiger partial charge in [0.25, 0.3) is 0 Å². The summed E-state index contributed by atoms with van der Waals surface area (Å²) in [4.78, 5) is 11.8. The normalized spacial score (nSPS) is 20.9. The van der Waals surface area contributed by atoms with E-state index in [1.54, 1.807) is 38.3 Å². The highest BCUT2D eigenvalue weighted by molar-refractivity contribution is 5.96. The van der Waals surface area contributed by atoms with Gasteiger partial charge in [-0.1, -0.05) is 0 Å². The fourth-order valence-electron chi connectivity index (χ4n) is 1.87. The van der Waals surface area contributed by atoms with Gasteiger partial charge in [0.2, 0.25) is 5.79 Å². The fraction of sp³-hybridized carbons (Fsp3) is 0.357. The summed E-state index contributed by atoms with van der Waals surface area (Å²) < 4.78 is 15.5. The van der Waals surface area contributed by atoms with Gasteiger partial charge in [0.05, 0.1) is 13.7 Å². The van der Waals surface area contributed by atoms with Gasteiger partial charge in [0, 0.05) is 12.5 Å². The maximum atomic E-state index is 11.8. The first-order chi connectivity index (χ1) is 8.97. The molecule has 1 aromatic rings. The lowest BCUT2D eigenvalue weighted by molar-refractivity contribution is -0.148. The molecule has 0 amide bonds. The molecule has 0 saturated heterocycles. The highest BCUT2D eigenvalue weighted by Gasteiger charge is 2.38. The second-order valence-electron chi connectivity index (χ2n) is 4.27. The minimum absolute atomic E-state index is 0.0649. The van der Waals surface area contributed by atoms with Crippen molar-refractivity contribution in [2.45, 2.75) is 19.6 Å². The number of carbonyl (C=O) groups excluding carboxylic acids is 1. The molecule has 1 N–H and O–H groups in total. The molecule has 0 radical (unpaired) electrons. The van der Waals surface area contributed by atoms with Gasteiger partial charge >= 0.3 is 5.97 Å². The monoisotopic (exact) mass is 264 g/mol. The molecule has 5 heteroatoms. The summed E-state index contributed by atoms with van der Waals surface area (Å²) in [6.45, 7) is 3.34. The lowest BCUT2D eigenvalue weighted by Crippen LogP contribution is -2.40. The standard InChI is InChI=1S/C14H16O5/c1-4-18-13(15)11-8-9-7-10(17-3)5-6-12(9)19-14(11,2)16/h5-8,16H,4H2,1-3H3. The molecule has 0 bridgehead atoms. The van der Waals surface area contributed by atoms with Crippen LogP contribution in [0.15, 0.2) is 23.8 Å². The number of hydrogen-bond acceptors (Lipinski definition) is 5. The minimum Gasteiger partial charge on any atom is -0.497 e. The summed E-state index contributed by atoms with van der Waals surface area (Å²) in [7, 11) is 1.55. The van der Waals surface area contributed by atoms with Crippen molar-refractivity contribution >= 4 is 12.0 Å². The number of ether oxygens (including phenoxy) is 3. The molecule has 0 aliphatic carbocycles. The van der Waals surface area contributed by atoms with E-state index in [4.69, 9.17) is 14.2 Å². The number of esters is 1. The van der Waals surface area contributed by atoms with E-state index >= 15 is 0 Å². The summed E-state index contributed by atoms with van der Waals surface area (Å²) in [5, 5.41) is 10.2. The van der Waals surface area contributed by atoms with E-state index in [2.05, 4.69) is 0 Å². The van der Waals surface area contributed by atoms with Crippen LogP contribution in [0, 0.1) is 0 Å². The SMILES string of the molecule is CCOC(=O)C1=Cc2cc(OC)ccc2OC1(C)O. The number of aliphatic hydroxyl groups is 1. The van der Waals surface area contributed by atoms with Crippen molar-refractivity contribution in [1.82, 2.24) is 0 Å². The predicted octanol–water partition coefficient (Wildman–Crippen LogP) is 1.74. The van der Waals surface area contributed by atoms with Crippen molar-refractivity contribution in [3.05, 3.63) is 29.3 Å². The maximum Gasteiger partial charge on any atom is 0.340 e. The minimum atomic E-state index is -1.70. The molecule has 102 valence electrons. The molecule has 19 heavy (non-hydrogen) atoms. The fourth-order valence-corrected chi connectivity index (χ4v) is 1.87. The molecular weight excluding hydrogens is 248 g/mol. The Labute approximate surface area is 111 Å². The van der Waals surface area contributed by atoms with Crippen LogP contribution >= 0.6 is 0 Å². The molecule has 1 aliphatic rings. The highest BCUT2D eigenvalue weighted by atomic mass is 16.6. The first-order valence-electron chi connectivity index (χ1n) is 5.96. The first kappa shape index (κ1) is 13.4. The van der Waals surface area contributed by atoms with Crippen molar-refractivity contribution in [3.63, 3.8) is 0 Å². The maximum absolute atomic E-state index is 11.8. The van der Waals surface area contributed by atoms with Gasteiger partial charge in [-0.2, -0.15) is 0 Å². The molecule has 0 aromatic heterocycles. The molecule has 0 fully saturated rings. The zero-order valence-electron chi connectivity index (χ0n) is 11.1. The summed E-state index contributed by atoms with van der Waals surface area (Å²) >= 11 is 0. The number of benzene rings is 1. The average Bonchev–Trinajstić information content (AvgIpc) is 2.36. The van der Waals surface area contributed by atoms with Crippen LogP contribution in [0.1, 0.15) is 19.4 Å². The Bertz CT molecular complexity index is 531. The van der Waals surface area contributed by atoms with Gasteiger partial charge in [0.15, 0.2) is 0 Å². The number of rotatable bonds is 3. The van der Waals surface area contributed by atoms with Crippen LogP contribution < -0.4 is 9.47 Å². The Morgan fingerprint density at radius 1 is 1.47 bits per heavy atom. The molecule has 0 saturated carbocycles. The smallest absolute Gasteiger partial charge is 0.340 e. The molecule has 1 unspecified atom stereocenters. The quantitative estimate of drug-likeness (QED) is 0.842. The van der Waals surface area contributed by atoms with Crippen LogP contribution in [0.25, 0.3) is 6.08 Å². The summed E-state index contributed by atoms with van der Waals surface area (Å²) in [5.74, 6) is -1.17. The van der Waals surface area contributed by atoms with E-state index in [-0.39, 0.29) is 12.2 Å². The zero-order chi connectivity index (χ0) is 14.0. The predicted molar refractivity (Wildman–Crippen MR) is 68.9 cm³/mol. The Morgan fingerprint density at radius 3 is 2.84 bits per heavy atom. The Morgan fingerprint density at radius 2 is 2.21 bits per heavy atom. The number of carbonyl (C=O) groups is 1. The third-order valence-electron chi connectivity index (χ3n) is 2.82. The molecule has 1 aromatic carbocycles. The van der Waals surface area contributed by atoms with E-state index in [0.29, 0.717) is 17.1 Å². The molecule has 0 spiro atoms. The van der Waals surface area contributed by atoms with Crippen molar-refractivity contribution in [2.24, 2.45) is 0 Å². The zero-order valence-corrected chi connectivity index (χ0v) is 11.1. The first-order valence-corrected chi connectivity index (χ1v) is 5.96.